The number of ketones is 1. The first-order valence-corrected chi connectivity index (χ1v) is 11.9. The number of nitrogens with one attached hydrogen (secondary N) is 1. The maximum atomic E-state index is 12.6. The number of rotatable bonds is 7. The topological polar surface area (TPSA) is 75.1 Å². The normalized spacial score (nSPS) is 11.8. The van der Waals surface area contributed by atoms with Crippen molar-refractivity contribution in [1.82, 2.24) is 9.97 Å². The molecule has 33 heavy (non-hydrogen) atoms. The fourth-order valence-corrected chi connectivity index (χ4v) is 4.01. The molecule has 2 N–H and O–H groups in total. The summed E-state index contributed by atoms with van der Waals surface area (Å²) in [5, 5.41) is 13.1. The molecular formula is C28H35N3O2. The van der Waals surface area contributed by atoms with Crippen molar-refractivity contribution in [3.8, 4) is 17.0 Å². The van der Waals surface area contributed by atoms with E-state index in [-0.39, 0.29) is 18.1 Å². The van der Waals surface area contributed by atoms with Crippen molar-refractivity contribution in [3.05, 3.63) is 70.5 Å². The molecule has 4 rings (SSSR count). The highest BCUT2D eigenvalue weighted by atomic mass is 16.3. The van der Waals surface area contributed by atoms with Gasteiger partial charge in [-0.15, -0.1) is 0 Å². The molecule has 174 valence electrons. The molecule has 0 saturated heterocycles. The number of Topliss-reactive ketones (excluding diaryl/α,β-unsaturated/α-hetero) is 1. The van der Waals surface area contributed by atoms with Crippen LogP contribution in [0.25, 0.3) is 11.3 Å². The lowest BCUT2D eigenvalue weighted by atomic mass is 9.91. The predicted octanol–water partition coefficient (Wildman–Crippen LogP) is 5.70. The molecule has 0 bridgehead atoms. The summed E-state index contributed by atoms with van der Waals surface area (Å²) in [7, 11) is 0. The van der Waals surface area contributed by atoms with Gasteiger partial charge in [0.2, 0.25) is 0 Å². The molecule has 0 spiro atoms. The number of carbonyl (C=O) groups is 1. The Balaban J connectivity index is 0.00000149. The summed E-state index contributed by atoms with van der Waals surface area (Å²) in [4.78, 5) is 22.4. The SMILES string of the molecule is CC.Cc1ccc(CC(=O)CNc2nc3c(nc2CC(C)C)-c2ccc(O)cc2CC3)cc1. The second-order valence-corrected chi connectivity index (χ2v) is 8.81. The van der Waals surface area contributed by atoms with Gasteiger partial charge < -0.3 is 10.4 Å². The number of nitrogens with zero attached hydrogens (tertiary/aromatic N) is 2. The summed E-state index contributed by atoms with van der Waals surface area (Å²) in [6.07, 6.45) is 2.78. The summed E-state index contributed by atoms with van der Waals surface area (Å²) in [5.74, 6) is 1.54. The second kappa shape index (κ2) is 11.1. The van der Waals surface area contributed by atoms with Crippen molar-refractivity contribution >= 4 is 11.6 Å². The van der Waals surface area contributed by atoms with Gasteiger partial charge in [-0.25, -0.2) is 9.97 Å². The van der Waals surface area contributed by atoms with Crippen molar-refractivity contribution in [2.75, 3.05) is 11.9 Å². The van der Waals surface area contributed by atoms with E-state index in [0.29, 0.717) is 18.2 Å². The van der Waals surface area contributed by atoms with Gasteiger partial charge in [0.25, 0.3) is 0 Å². The number of carbonyl (C=O) groups excluding carboxylic acids is 1. The standard InChI is InChI=1S/C26H29N3O2.C2H6/c1-16(2)12-24-26(27-15-21(31)13-18-6-4-17(3)5-7-18)29-23-11-8-19-14-20(30)9-10-22(19)25(23)28-24;1-2/h4-7,9-10,14,16,30H,8,11-13,15H2,1-3H3,(H,27,29);1-2H3. The molecular weight excluding hydrogens is 410 g/mol. The Morgan fingerprint density at radius 2 is 1.79 bits per heavy atom. The fourth-order valence-electron chi connectivity index (χ4n) is 4.01. The molecule has 5 nitrogen and oxygen atoms in total. The number of hydrogen-bond donors (Lipinski definition) is 2. The van der Waals surface area contributed by atoms with Gasteiger partial charge in [-0.05, 0) is 61.4 Å². The average molecular weight is 446 g/mol. The van der Waals surface area contributed by atoms with Crippen LogP contribution in [0.1, 0.15) is 55.8 Å². The van der Waals surface area contributed by atoms with Crippen molar-refractivity contribution in [2.45, 2.75) is 60.3 Å². The Kier molecular flexibility index (Phi) is 8.21. The molecule has 0 amide bonds. The highest BCUT2D eigenvalue weighted by Gasteiger charge is 2.22. The Hall–Kier alpha value is -3.21. The quantitative estimate of drug-likeness (QED) is 0.488. The number of aromatic nitrogens is 2. The summed E-state index contributed by atoms with van der Waals surface area (Å²) in [6, 6.07) is 13.5. The summed E-state index contributed by atoms with van der Waals surface area (Å²) in [6.45, 7) is 10.6. The van der Waals surface area contributed by atoms with Gasteiger partial charge in [0.15, 0.2) is 5.78 Å². The average Bonchev–Trinajstić information content (AvgIpc) is 2.80. The lowest BCUT2D eigenvalue weighted by Crippen LogP contribution is -2.20. The molecule has 1 aliphatic carbocycles. The smallest absolute Gasteiger partial charge is 0.156 e. The zero-order valence-corrected chi connectivity index (χ0v) is 20.4. The van der Waals surface area contributed by atoms with Crippen LogP contribution in [-0.4, -0.2) is 27.4 Å². The Morgan fingerprint density at radius 1 is 1.06 bits per heavy atom. The van der Waals surface area contributed by atoms with E-state index in [2.05, 4.69) is 19.2 Å². The molecule has 1 aliphatic rings. The van der Waals surface area contributed by atoms with Crippen molar-refractivity contribution in [1.29, 1.82) is 0 Å². The third-order valence-electron chi connectivity index (χ3n) is 5.59. The largest absolute Gasteiger partial charge is 0.508 e. The minimum atomic E-state index is 0.125. The first-order chi connectivity index (χ1) is 15.9. The van der Waals surface area contributed by atoms with Gasteiger partial charge in [-0.2, -0.15) is 0 Å². The number of anilines is 1. The fraction of sp³-hybridized carbons (Fsp3) is 0.393. The van der Waals surface area contributed by atoms with Crippen LogP contribution in [0.4, 0.5) is 5.82 Å². The molecule has 1 heterocycles. The van der Waals surface area contributed by atoms with Crippen LogP contribution < -0.4 is 5.32 Å². The Morgan fingerprint density at radius 3 is 2.48 bits per heavy atom. The van der Waals surface area contributed by atoms with Gasteiger partial charge in [-0.1, -0.05) is 57.5 Å². The van der Waals surface area contributed by atoms with Crippen molar-refractivity contribution < 1.29 is 9.90 Å². The third kappa shape index (κ3) is 6.19. The van der Waals surface area contributed by atoms with E-state index in [1.807, 2.05) is 57.2 Å². The highest BCUT2D eigenvalue weighted by Crippen LogP contribution is 2.34. The molecule has 0 radical (unpaired) electrons. The van der Waals surface area contributed by atoms with Crippen LogP contribution in [0, 0.1) is 12.8 Å². The van der Waals surface area contributed by atoms with Crippen LogP contribution in [0.2, 0.25) is 0 Å². The molecule has 1 aromatic heterocycles. The first-order valence-electron chi connectivity index (χ1n) is 11.9. The maximum absolute atomic E-state index is 12.6. The number of hydrogen-bond acceptors (Lipinski definition) is 5. The van der Waals surface area contributed by atoms with Crippen LogP contribution in [-0.2, 0) is 30.5 Å². The third-order valence-corrected chi connectivity index (χ3v) is 5.59. The number of phenolic OH excluding ortho intramolecular Hbond substituents is 1. The molecule has 5 heteroatoms. The number of fused-ring (bicyclic) bond motifs is 3. The minimum Gasteiger partial charge on any atom is -0.508 e. The van der Waals surface area contributed by atoms with E-state index in [1.165, 1.54) is 5.56 Å². The minimum absolute atomic E-state index is 0.125. The van der Waals surface area contributed by atoms with E-state index in [1.54, 1.807) is 6.07 Å². The molecule has 3 aromatic rings. The van der Waals surface area contributed by atoms with Gasteiger partial charge in [0.1, 0.15) is 11.6 Å². The van der Waals surface area contributed by atoms with Crippen LogP contribution in [0.5, 0.6) is 5.75 Å². The number of aromatic hydroxyl groups is 1. The summed E-state index contributed by atoms with van der Waals surface area (Å²) in [5.41, 5.74) is 7.08. The lowest BCUT2D eigenvalue weighted by molar-refractivity contribution is -0.116. The van der Waals surface area contributed by atoms with E-state index in [9.17, 15) is 9.90 Å². The highest BCUT2D eigenvalue weighted by molar-refractivity contribution is 5.85. The molecule has 0 saturated carbocycles. The second-order valence-electron chi connectivity index (χ2n) is 8.81. The van der Waals surface area contributed by atoms with Crippen LogP contribution >= 0.6 is 0 Å². The molecule has 0 unspecified atom stereocenters. The van der Waals surface area contributed by atoms with Gasteiger partial charge in [0.05, 0.1) is 23.6 Å². The van der Waals surface area contributed by atoms with E-state index in [4.69, 9.17) is 9.97 Å². The van der Waals surface area contributed by atoms with E-state index < -0.39 is 0 Å². The number of aryl methyl sites for hydroxylation is 3. The summed E-state index contributed by atoms with van der Waals surface area (Å²) >= 11 is 0. The van der Waals surface area contributed by atoms with Crippen molar-refractivity contribution in [3.63, 3.8) is 0 Å². The predicted molar refractivity (Wildman–Crippen MR) is 135 cm³/mol. The van der Waals surface area contributed by atoms with E-state index >= 15 is 0 Å². The van der Waals surface area contributed by atoms with Crippen molar-refractivity contribution in [2.24, 2.45) is 5.92 Å². The van der Waals surface area contributed by atoms with E-state index in [0.717, 1.165) is 53.0 Å². The molecule has 0 fully saturated rings. The lowest BCUT2D eigenvalue weighted by Gasteiger charge is -2.21. The maximum Gasteiger partial charge on any atom is 0.156 e. The monoisotopic (exact) mass is 445 g/mol. The first kappa shape index (κ1) is 24.4. The van der Waals surface area contributed by atoms with Crippen LogP contribution in [0.3, 0.4) is 0 Å². The Bertz CT molecular complexity index is 1100. The zero-order chi connectivity index (χ0) is 24.0. The summed E-state index contributed by atoms with van der Waals surface area (Å²) < 4.78 is 0. The van der Waals surface area contributed by atoms with Gasteiger partial charge in [0, 0.05) is 12.0 Å². The molecule has 2 aromatic carbocycles. The zero-order valence-electron chi connectivity index (χ0n) is 20.4. The molecule has 0 aliphatic heterocycles. The van der Waals surface area contributed by atoms with Crippen LogP contribution in [0.15, 0.2) is 42.5 Å². The number of phenols is 1. The molecule has 0 atom stereocenters. The number of benzene rings is 2. The van der Waals surface area contributed by atoms with Gasteiger partial charge >= 0.3 is 0 Å². The Labute approximate surface area is 197 Å². The van der Waals surface area contributed by atoms with Gasteiger partial charge in [-0.3, -0.25) is 4.79 Å².